The molecule has 1 aromatic heterocycles. The van der Waals surface area contributed by atoms with E-state index in [1.807, 2.05) is 49.6 Å². The smallest absolute Gasteiger partial charge is 0.407 e. The van der Waals surface area contributed by atoms with E-state index in [-0.39, 0.29) is 18.9 Å². The Balaban J connectivity index is 2.09. The predicted octanol–water partition coefficient (Wildman–Crippen LogP) is 2.48. The van der Waals surface area contributed by atoms with Gasteiger partial charge in [0.2, 0.25) is 5.78 Å². The third-order valence-corrected chi connectivity index (χ3v) is 4.01. The van der Waals surface area contributed by atoms with Crippen LogP contribution in [0, 0.1) is 20.8 Å². The minimum absolute atomic E-state index is 0.302. The van der Waals surface area contributed by atoms with Crippen LogP contribution in [0.25, 0.3) is 5.69 Å². The van der Waals surface area contributed by atoms with Crippen molar-refractivity contribution in [2.45, 2.75) is 20.8 Å². The molecule has 1 heterocycles. The number of Topliss-reactive ketones (excluding diaryl/α,β-unsaturated/α-hetero) is 1. The highest BCUT2D eigenvalue weighted by atomic mass is 16.5. The average Bonchev–Trinajstić information content (AvgIpc) is 2.92. The van der Waals surface area contributed by atoms with Gasteiger partial charge in [0, 0.05) is 22.6 Å². The molecule has 2 aromatic rings. The van der Waals surface area contributed by atoms with Gasteiger partial charge in [-0.15, -0.1) is 0 Å². The number of hydrogen-bond donors (Lipinski definition) is 1. The van der Waals surface area contributed by atoms with Crippen LogP contribution in [0.3, 0.4) is 0 Å². The molecule has 7 nitrogen and oxygen atoms in total. The number of ether oxygens (including phenoxy) is 2. The van der Waals surface area contributed by atoms with Crippen LogP contribution in [0.2, 0.25) is 0 Å². The van der Waals surface area contributed by atoms with E-state index in [4.69, 9.17) is 4.74 Å². The summed E-state index contributed by atoms with van der Waals surface area (Å²) in [6.07, 6.45) is -0.741. The Labute approximate surface area is 151 Å². The third kappa shape index (κ3) is 4.30. The molecule has 0 radical (unpaired) electrons. The SMILES string of the molecule is COC(=O)NCC(=O)OCC(=O)c1cc(C)n(-c2ccccc2C)c1C. The number of alkyl carbamates (subject to hydrolysis) is 1. The third-order valence-electron chi connectivity index (χ3n) is 4.01. The van der Waals surface area contributed by atoms with Gasteiger partial charge in [0.05, 0.1) is 7.11 Å². The first-order valence-corrected chi connectivity index (χ1v) is 8.10. The number of carbonyl (C=O) groups is 3. The maximum absolute atomic E-state index is 12.4. The Kier molecular flexibility index (Phi) is 6.16. The van der Waals surface area contributed by atoms with Gasteiger partial charge in [-0.1, -0.05) is 18.2 Å². The molecular formula is C19H22N2O5. The summed E-state index contributed by atoms with van der Waals surface area (Å²) in [5, 5.41) is 2.20. The van der Waals surface area contributed by atoms with Crippen LogP contribution < -0.4 is 5.32 Å². The lowest BCUT2D eigenvalue weighted by Gasteiger charge is -2.12. The first-order valence-electron chi connectivity index (χ1n) is 8.10. The molecule has 0 fully saturated rings. The zero-order valence-corrected chi connectivity index (χ0v) is 15.3. The fraction of sp³-hybridized carbons (Fsp3) is 0.316. The van der Waals surface area contributed by atoms with E-state index >= 15 is 0 Å². The Morgan fingerprint density at radius 3 is 2.46 bits per heavy atom. The number of methoxy groups -OCH3 is 1. The maximum atomic E-state index is 12.4. The van der Waals surface area contributed by atoms with Crippen LogP contribution >= 0.6 is 0 Å². The standard InChI is InChI=1S/C19H22N2O5/c1-12-7-5-6-8-16(12)21-13(2)9-15(14(21)3)17(22)11-26-18(23)10-20-19(24)25-4/h5-9H,10-11H2,1-4H3,(H,20,24). The Hall–Kier alpha value is -3.09. The van der Waals surface area contributed by atoms with E-state index in [1.165, 1.54) is 7.11 Å². The molecule has 7 heteroatoms. The molecule has 1 aromatic carbocycles. The van der Waals surface area contributed by atoms with Crippen molar-refractivity contribution in [3.8, 4) is 5.69 Å². The van der Waals surface area contributed by atoms with E-state index in [0.29, 0.717) is 5.56 Å². The summed E-state index contributed by atoms with van der Waals surface area (Å²) in [4.78, 5) is 34.9. The molecule has 0 atom stereocenters. The molecular weight excluding hydrogens is 336 g/mol. The quantitative estimate of drug-likeness (QED) is 0.633. The number of para-hydroxylation sites is 1. The minimum Gasteiger partial charge on any atom is -0.456 e. The number of aryl methyl sites for hydroxylation is 2. The van der Waals surface area contributed by atoms with Crippen molar-refractivity contribution < 1.29 is 23.9 Å². The van der Waals surface area contributed by atoms with Gasteiger partial charge < -0.3 is 19.4 Å². The van der Waals surface area contributed by atoms with Gasteiger partial charge >= 0.3 is 12.1 Å². The highest BCUT2D eigenvalue weighted by molar-refractivity contribution is 5.99. The molecule has 0 bridgehead atoms. The van der Waals surface area contributed by atoms with Crippen molar-refractivity contribution in [1.29, 1.82) is 0 Å². The molecule has 138 valence electrons. The molecule has 0 aliphatic heterocycles. The van der Waals surface area contributed by atoms with Crippen LogP contribution in [0.4, 0.5) is 4.79 Å². The summed E-state index contributed by atoms with van der Waals surface area (Å²) in [5.41, 5.74) is 4.29. The summed E-state index contributed by atoms with van der Waals surface area (Å²) in [5.74, 6) is -1.01. The zero-order valence-electron chi connectivity index (χ0n) is 15.3. The lowest BCUT2D eigenvalue weighted by molar-refractivity contribution is -0.141. The lowest BCUT2D eigenvalue weighted by Crippen LogP contribution is -2.31. The molecule has 1 N–H and O–H groups in total. The van der Waals surface area contributed by atoms with Crippen molar-refractivity contribution in [1.82, 2.24) is 9.88 Å². The average molecular weight is 358 g/mol. The van der Waals surface area contributed by atoms with Crippen LogP contribution in [-0.4, -0.2) is 42.7 Å². The molecule has 2 rings (SSSR count). The molecule has 0 saturated heterocycles. The van der Waals surface area contributed by atoms with Crippen molar-refractivity contribution >= 4 is 17.8 Å². The maximum Gasteiger partial charge on any atom is 0.407 e. The van der Waals surface area contributed by atoms with Crippen LogP contribution in [-0.2, 0) is 14.3 Å². The number of hydrogen-bond acceptors (Lipinski definition) is 5. The fourth-order valence-corrected chi connectivity index (χ4v) is 2.72. The second-order valence-corrected chi connectivity index (χ2v) is 5.84. The molecule has 1 amide bonds. The number of benzene rings is 1. The summed E-state index contributed by atoms with van der Waals surface area (Å²) < 4.78 is 11.3. The first-order chi connectivity index (χ1) is 12.3. The number of aromatic nitrogens is 1. The van der Waals surface area contributed by atoms with Crippen LogP contribution in [0.15, 0.2) is 30.3 Å². The number of rotatable bonds is 6. The molecule has 0 saturated carbocycles. The minimum atomic E-state index is -0.741. The van der Waals surface area contributed by atoms with Crippen molar-refractivity contribution in [2.24, 2.45) is 0 Å². The summed E-state index contributed by atoms with van der Waals surface area (Å²) in [6.45, 7) is 5.03. The molecule has 26 heavy (non-hydrogen) atoms. The number of esters is 1. The number of amides is 1. The Morgan fingerprint density at radius 1 is 1.12 bits per heavy atom. The van der Waals surface area contributed by atoms with Gasteiger partial charge in [0.25, 0.3) is 0 Å². The first kappa shape index (κ1) is 19.2. The Morgan fingerprint density at radius 2 is 1.81 bits per heavy atom. The summed E-state index contributed by atoms with van der Waals surface area (Å²) >= 11 is 0. The highest BCUT2D eigenvalue weighted by Gasteiger charge is 2.19. The van der Waals surface area contributed by atoms with Gasteiger partial charge in [0.1, 0.15) is 6.54 Å². The van der Waals surface area contributed by atoms with E-state index in [2.05, 4.69) is 10.1 Å². The largest absolute Gasteiger partial charge is 0.456 e. The van der Waals surface area contributed by atoms with E-state index in [1.54, 1.807) is 6.07 Å². The normalized spacial score (nSPS) is 10.3. The topological polar surface area (TPSA) is 86.6 Å². The van der Waals surface area contributed by atoms with Crippen molar-refractivity contribution in [3.05, 3.63) is 52.8 Å². The highest BCUT2D eigenvalue weighted by Crippen LogP contribution is 2.23. The van der Waals surface area contributed by atoms with Gasteiger partial charge in [-0.3, -0.25) is 9.59 Å². The summed E-state index contributed by atoms with van der Waals surface area (Å²) in [7, 11) is 1.19. The molecule has 0 aliphatic carbocycles. The number of carbonyl (C=O) groups excluding carboxylic acids is 3. The monoisotopic (exact) mass is 358 g/mol. The van der Waals surface area contributed by atoms with Gasteiger partial charge in [-0.05, 0) is 38.5 Å². The zero-order chi connectivity index (χ0) is 19.3. The van der Waals surface area contributed by atoms with E-state index < -0.39 is 12.1 Å². The molecule has 0 unspecified atom stereocenters. The van der Waals surface area contributed by atoms with Crippen LogP contribution in [0.1, 0.15) is 27.3 Å². The molecule has 0 spiro atoms. The number of ketones is 1. The summed E-state index contributed by atoms with van der Waals surface area (Å²) in [6, 6.07) is 9.68. The van der Waals surface area contributed by atoms with Gasteiger partial charge in [-0.25, -0.2) is 4.79 Å². The van der Waals surface area contributed by atoms with Crippen LogP contribution in [0.5, 0.6) is 0 Å². The molecule has 0 aliphatic rings. The van der Waals surface area contributed by atoms with E-state index in [0.717, 1.165) is 22.6 Å². The van der Waals surface area contributed by atoms with Crippen molar-refractivity contribution in [3.63, 3.8) is 0 Å². The Bertz CT molecular complexity index is 838. The second-order valence-electron chi connectivity index (χ2n) is 5.84. The van der Waals surface area contributed by atoms with Gasteiger partial charge in [0.15, 0.2) is 6.61 Å². The lowest BCUT2D eigenvalue weighted by atomic mass is 10.1. The fourth-order valence-electron chi connectivity index (χ4n) is 2.72. The van der Waals surface area contributed by atoms with Gasteiger partial charge in [-0.2, -0.15) is 0 Å². The van der Waals surface area contributed by atoms with Crippen molar-refractivity contribution in [2.75, 3.05) is 20.3 Å². The number of nitrogens with zero attached hydrogens (tertiary/aromatic N) is 1. The second kappa shape index (κ2) is 8.33. The predicted molar refractivity (Wildman–Crippen MR) is 95.7 cm³/mol. The number of nitrogens with one attached hydrogen (secondary N) is 1. The van der Waals surface area contributed by atoms with E-state index in [9.17, 15) is 14.4 Å².